The highest BCUT2D eigenvalue weighted by atomic mass is 16.5. The Morgan fingerprint density at radius 1 is 1.32 bits per heavy atom. The van der Waals surface area contributed by atoms with Crippen molar-refractivity contribution in [3.05, 3.63) is 46.8 Å². The fourth-order valence-corrected chi connectivity index (χ4v) is 2.28. The van der Waals surface area contributed by atoms with Gasteiger partial charge in [0.05, 0.1) is 18.5 Å². The van der Waals surface area contributed by atoms with Gasteiger partial charge in [-0.3, -0.25) is 4.68 Å². The molecule has 0 bridgehead atoms. The van der Waals surface area contributed by atoms with Crippen molar-refractivity contribution in [1.29, 1.82) is 0 Å². The van der Waals surface area contributed by atoms with Crippen molar-refractivity contribution < 1.29 is 9.84 Å². The zero-order valence-electron chi connectivity index (χ0n) is 11.8. The molecule has 0 saturated heterocycles. The third-order valence-electron chi connectivity index (χ3n) is 3.28. The minimum Gasteiger partial charge on any atom is -0.497 e. The molecule has 0 fully saturated rings. The molecule has 0 spiro atoms. The second-order valence-corrected chi connectivity index (χ2v) is 4.65. The zero-order chi connectivity index (χ0) is 14.0. The molecule has 102 valence electrons. The van der Waals surface area contributed by atoms with Crippen LogP contribution in [0, 0.1) is 13.8 Å². The summed E-state index contributed by atoms with van der Waals surface area (Å²) < 4.78 is 7.02. The number of aromatic nitrogens is 2. The quantitative estimate of drug-likeness (QED) is 0.919. The molecule has 1 aromatic carbocycles. The summed E-state index contributed by atoms with van der Waals surface area (Å²) in [4.78, 5) is 0. The normalized spacial score (nSPS) is 12.5. The zero-order valence-corrected chi connectivity index (χ0v) is 11.8. The van der Waals surface area contributed by atoms with Gasteiger partial charge in [-0.15, -0.1) is 0 Å². The van der Waals surface area contributed by atoms with Crippen molar-refractivity contribution >= 4 is 0 Å². The molecule has 0 aliphatic heterocycles. The van der Waals surface area contributed by atoms with Crippen molar-refractivity contribution in [2.75, 3.05) is 7.11 Å². The van der Waals surface area contributed by atoms with Crippen LogP contribution in [0.1, 0.15) is 35.5 Å². The first-order chi connectivity index (χ1) is 9.06. The summed E-state index contributed by atoms with van der Waals surface area (Å²) >= 11 is 0. The number of hydrogen-bond acceptors (Lipinski definition) is 3. The molecule has 2 rings (SSSR count). The fraction of sp³-hybridized carbons (Fsp3) is 0.400. The summed E-state index contributed by atoms with van der Waals surface area (Å²) in [6.07, 6.45) is -0.660. The number of rotatable bonds is 4. The second-order valence-electron chi connectivity index (χ2n) is 4.65. The van der Waals surface area contributed by atoms with Crippen LogP contribution >= 0.6 is 0 Å². The number of aryl methyl sites for hydroxylation is 3. The van der Waals surface area contributed by atoms with Gasteiger partial charge in [-0.2, -0.15) is 5.10 Å². The van der Waals surface area contributed by atoms with Gasteiger partial charge in [0.15, 0.2) is 0 Å². The highest BCUT2D eigenvalue weighted by Crippen LogP contribution is 2.27. The summed E-state index contributed by atoms with van der Waals surface area (Å²) in [6, 6.07) is 7.63. The predicted octanol–water partition coefficient (Wildman–Crippen LogP) is 2.61. The second kappa shape index (κ2) is 5.45. The Morgan fingerprint density at radius 2 is 2.05 bits per heavy atom. The number of ether oxygens (including phenoxy) is 1. The third-order valence-corrected chi connectivity index (χ3v) is 3.28. The van der Waals surface area contributed by atoms with Crippen LogP contribution in [0.15, 0.2) is 24.3 Å². The summed E-state index contributed by atoms with van der Waals surface area (Å²) in [5.41, 5.74) is 3.64. The lowest BCUT2D eigenvalue weighted by Crippen LogP contribution is -2.10. The minimum absolute atomic E-state index is 0.660. The van der Waals surface area contributed by atoms with Crippen LogP contribution in [-0.4, -0.2) is 22.0 Å². The first kappa shape index (κ1) is 13.6. The lowest BCUT2D eigenvalue weighted by molar-refractivity contribution is 0.207. The summed E-state index contributed by atoms with van der Waals surface area (Å²) in [7, 11) is 1.64. The van der Waals surface area contributed by atoms with E-state index in [9.17, 15) is 5.11 Å². The average molecular weight is 260 g/mol. The maximum atomic E-state index is 10.6. The van der Waals surface area contributed by atoms with Gasteiger partial charge in [-0.1, -0.05) is 6.07 Å². The maximum absolute atomic E-state index is 10.6. The number of benzene rings is 1. The summed E-state index contributed by atoms with van der Waals surface area (Å²) in [6.45, 7) is 6.67. The minimum atomic E-state index is -0.660. The first-order valence-electron chi connectivity index (χ1n) is 6.43. The molecule has 1 unspecified atom stereocenters. The van der Waals surface area contributed by atoms with Gasteiger partial charge in [0.1, 0.15) is 11.9 Å². The monoisotopic (exact) mass is 260 g/mol. The number of aliphatic hydroxyl groups excluding tert-OH is 1. The van der Waals surface area contributed by atoms with Crippen LogP contribution in [-0.2, 0) is 6.54 Å². The third kappa shape index (κ3) is 2.63. The maximum Gasteiger partial charge on any atom is 0.121 e. The molecule has 0 radical (unpaired) electrons. The Hall–Kier alpha value is -1.81. The molecule has 0 amide bonds. The molecular formula is C15H20N2O2. The van der Waals surface area contributed by atoms with Gasteiger partial charge in [0, 0.05) is 6.54 Å². The van der Waals surface area contributed by atoms with E-state index in [1.54, 1.807) is 7.11 Å². The van der Waals surface area contributed by atoms with Crippen LogP contribution in [0.2, 0.25) is 0 Å². The van der Waals surface area contributed by atoms with Crippen molar-refractivity contribution in [3.63, 3.8) is 0 Å². The number of methoxy groups -OCH3 is 1. The van der Waals surface area contributed by atoms with E-state index < -0.39 is 6.10 Å². The van der Waals surface area contributed by atoms with Gasteiger partial charge in [-0.05, 0) is 50.1 Å². The highest BCUT2D eigenvalue weighted by molar-refractivity contribution is 5.39. The van der Waals surface area contributed by atoms with E-state index in [2.05, 4.69) is 5.10 Å². The largest absolute Gasteiger partial charge is 0.497 e. The smallest absolute Gasteiger partial charge is 0.121 e. The molecule has 0 aliphatic rings. The SMILES string of the molecule is CCn1nc(C)cc1C(O)c1ccc(OC)cc1C. The van der Waals surface area contributed by atoms with E-state index >= 15 is 0 Å². The Morgan fingerprint density at radius 3 is 2.63 bits per heavy atom. The van der Waals surface area contributed by atoms with Gasteiger partial charge >= 0.3 is 0 Å². The van der Waals surface area contributed by atoms with Gasteiger partial charge in [0.25, 0.3) is 0 Å². The Balaban J connectivity index is 2.40. The molecule has 0 saturated carbocycles. The lowest BCUT2D eigenvalue weighted by Gasteiger charge is -2.15. The van der Waals surface area contributed by atoms with E-state index in [0.717, 1.165) is 34.8 Å². The average Bonchev–Trinajstić information content (AvgIpc) is 2.79. The fourth-order valence-electron chi connectivity index (χ4n) is 2.28. The number of hydrogen-bond donors (Lipinski definition) is 1. The first-order valence-corrected chi connectivity index (χ1v) is 6.43. The standard InChI is InChI=1S/C15H20N2O2/c1-5-17-14(9-11(3)16-17)15(18)13-7-6-12(19-4)8-10(13)2/h6-9,15,18H,5H2,1-4H3. The molecule has 0 aliphatic carbocycles. The molecule has 1 N–H and O–H groups in total. The van der Waals surface area contributed by atoms with Gasteiger partial charge in [0.2, 0.25) is 0 Å². The van der Waals surface area contributed by atoms with Gasteiger partial charge < -0.3 is 9.84 Å². The Kier molecular flexibility index (Phi) is 3.90. The van der Waals surface area contributed by atoms with Crippen molar-refractivity contribution in [2.24, 2.45) is 0 Å². The Bertz CT molecular complexity index is 576. The lowest BCUT2D eigenvalue weighted by atomic mass is 10.0. The number of aliphatic hydroxyl groups is 1. The molecule has 1 atom stereocenters. The van der Waals surface area contributed by atoms with Crippen molar-refractivity contribution in [1.82, 2.24) is 9.78 Å². The summed E-state index contributed by atoms with van der Waals surface area (Å²) in [5.74, 6) is 0.800. The van der Waals surface area contributed by atoms with E-state index in [-0.39, 0.29) is 0 Å². The molecule has 19 heavy (non-hydrogen) atoms. The van der Waals surface area contributed by atoms with Crippen LogP contribution in [0.5, 0.6) is 5.75 Å². The number of nitrogens with zero attached hydrogens (tertiary/aromatic N) is 2. The molecule has 4 nitrogen and oxygen atoms in total. The molecule has 1 aromatic heterocycles. The molecule has 1 heterocycles. The molecule has 2 aromatic rings. The van der Waals surface area contributed by atoms with E-state index in [4.69, 9.17) is 4.74 Å². The van der Waals surface area contributed by atoms with Crippen LogP contribution < -0.4 is 4.74 Å². The van der Waals surface area contributed by atoms with Gasteiger partial charge in [-0.25, -0.2) is 0 Å². The Labute approximate surface area is 113 Å². The van der Waals surface area contributed by atoms with Crippen LogP contribution in [0.4, 0.5) is 0 Å². The van der Waals surface area contributed by atoms with Crippen molar-refractivity contribution in [2.45, 2.75) is 33.4 Å². The summed E-state index contributed by atoms with van der Waals surface area (Å²) in [5, 5.41) is 14.9. The van der Waals surface area contributed by atoms with E-state index in [1.807, 2.05) is 49.7 Å². The topological polar surface area (TPSA) is 47.3 Å². The highest BCUT2D eigenvalue weighted by Gasteiger charge is 2.18. The van der Waals surface area contributed by atoms with Crippen molar-refractivity contribution in [3.8, 4) is 5.75 Å². The van der Waals surface area contributed by atoms with Crippen LogP contribution in [0.3, 0.4) is 0 Å². The van der Waals surface area contributed by atoms with Crippen LogP contribution in [0.25, 0.3) is 0 Å². The molecule has 4 heteroatoms. The molecular weight excluding hydrogens is 240 g/mol. The van der Waals surface area contributed by atoms with E-state index in [1.165, 1.54) is 0 Å². The predicted molar refractivity (Wildman–Crippen MR) is 74.4 cm³/mol. The van der Waals surface area contributed by atoms with E-state index in [0.29, 0.717) is 0 Å².